The number of furan rings is 1. The minimum atomic E-state index is -1.39. The maximum absolute atomic E-state index is 13.2. The van der Waals surface area contributed by atoms with Gasteiger partial charge in [-0.05, 0) is 48.2 Å². The lowest BCUT2D eigenvalue weighted by Gasteiger charge is -2.30. The van der Waals surface area contributed by atoms with Gasteiger partial charge in [-0.2, -0.15) is 5.26 Å². The molecule has 3 aromatic rings. The second-order valence-electron chi connectivity index (χ2n) is 10.0. The maximum Gasteiger partial charge on any atom is 0.327 e. The van der Waals surface area contributed by atoms with Crippen LogP contribution in [0.4, 0.5) is 0 Å². The highest BCUT2D eigenvalue weighted by Gasteiger charge is 2.32. The van der Waals surface area contributed by atoms with Crippen molar-refractivity contribution in [1.82, 2.24) is 30.7 Å². The van der Waals surface area contributed by atoms with Crippen LogP contribution in [-0.4, -0.2) is 87.4 Å². The number of carboxylic acids is 1. The number of likely N-dealkylation sites (tertiary alicyclic amines) is 1. The molecule has 4 heterocycles. The van der Waals surface area contributed by atoms with Gasteiger partial charge < -0.3 is 24.8 Å². The third kappa shape index (κ3) is 6.13. The number of nitrogens with zero attached hydrogens (tertiary/aromatic N) is 4. The van der Waals surface area contributed by atoms with Gasteiger partial charge in [-0.15, -0.1) is 0 Å². The number of aliphatic hydroxyl groups excluding tert-OH is 1. The van der Waals surface area contributed by atoms with Gasteiger partial charge in [0, 0.05) is 44.3 Å². The summed E-state index contributed by atoms with van der Waals surface area (Å²) < 4.78 is 5.61. The number of carbonyl (C=O) groups excluding carboxylic acids is 2. The van der Waals surface area contributed by atoms with Crippen molar-refractivity contribution < 1.29 is 29.0 Å². The molecular formula is C27H27Cl2N7O6. The summed E-state index contributed by atoms with van der Waals surface area (Å²) in [5.41, 5.74) is 1.59. The number of aliphatic hydroxyl groups is 1. The number of halogens is 2. The number of β-amino-alcohol motifs (C(OH)–C–C–N with tert-alkyl or cyclic N) is 1. The van der Waals surface area contributed by atoms with E-state index in [4.69, 9.17) is 32.9 Å². The molecule has 5 rings (SSSR count). The summed E-state index contributed by atoms with van der Waals surface area (Å²) in [6.45, 7) is 1.05. The van der Waals surface area contributed by atoms with E-state index in [1.165, 1.54) is 0 Å². The van der Waals surface area contributed by atoms with Crippen molar-refractivity contribution in [3.63, 3.8) is 0 Å². The Hall–Kier alpha value is -3.93. The maximum atomic E-state index is 13.2. The highest BCUT2D eigenvalue weighted by molar-refractivity contribution is 6.40. The molecule has 2 aliphatic rings. The molecule has 15 heteroatoms. The van der Waals surface area contributed by atoms with Gasteiger partial charge in [-0.25, -0.2) is 9.78 Å². The van der Waals surface area contributed by atoms with Crippen molar-refractivity contribution in [3.05, 3.63) is 63.0 Å². The average Bonchev–Trinajstić information content (AvgIpc) is 3.60. The van der Waals surface area contributed by atoms with E-state index in [9.17, 15) is 24.6 Å². The Morgan fingerprint density at radius 2 is 2.07 bits per heavy atom. The minimum Gasteiger partial charge on any atom is -0.480 e. The van der Waals surface area contributed by atoms with Crippen molar-refractivity contribution in [3.8, 4) is 6.19 Å². The molecule has 1 saturated heterocycles. The van der Waals surface area contributed by atoms with Crippen molar-refractivity contribution in [2.75, 3.05) is 26.2 Å². The lowest BCUT2D eigenvalue weighted by Crippen LogP contribution is -2.57. The fourth-order valence-electron chi connectivity index (χ4n) is 5.16. The highest BCUT2D eigenvalue weighted by atomic mass is 35.5. The summed E-state index contributed by atoms with van der Waals surface area (Å²) in [6.07, 6.45) is 2.96. The summed E-state index contributed by atoms with van der Waals surface area (Å²) in [5, 5.41) is 37.3. The van der Waals surface area contributed by atoms with Gasteiger partial charge in [0.1, 0.15) is 12.3 Å². The monoisotopic (exact) mass is 615 g/mol. The number of carbonyl (C=O) groups is 3. The number of carboxylic acid groups (broad SMARTS) is 1. The zero-order chi connectivity index (χ0) is 30.0. The second-order valence-corrected chi connectivity index (χ2v) is 10.8. The van der Waals surface area contributed by atoms with Crippen LogP contribution >= 0.6 is 23.2 Å². The summed E-state index contributed by atoms with van der Waals surface area (Å²) >= 11 is 13.1. The third-order valence-electron chi connectivity index (χ3n) is 7.30. The molecule has 2 aromatic heterocycles. The molecule has 2 aliphatic heterocycles. The fraction of sp³-hybridized carbons (Fsp3) is 0.370. The standard InChI is InChI=1S/C27H27Cl2N7O6/c28-18-8-15-11-35(25(39)20-9-14-2-1-5-31-24(14)42-20)7-4-17(15)22(29)21(18)23(38)34-19(26(40)41)10-32-27(33-13-30)36-6-3-16(37)12-36/h1-2,5,8-9,16,19,27,32-33,37H,3-4,6-7,10-12H2,(H,34,38)(H,40,41)/t16-,19-,27?/m0/s1. The Bertz CT molecular complexity index is 1540. The minimum absolute atomic E-state index is 0.00524. The van der Waals surface area contributed by atoms with Gasteiger partial charge in [-0.1, -0.05) is 23.2 Å². The van der Waals surface area contributed by atoms with E-state index >= 15 is 0 Å². The van der Waals surface area contributed by atoms with Gasteiger partial charge in [0.05, 0.1) is 21.7 Å². The Morgan fingerprint density at radius 3 is 2.76 bits per heavy atom. The van der Waals surface area contributed by atoms with Gasteiger partial charge in [0.25, 0.3) is 11.8 Å². The predicted molar refractivity (Wildman–Crippen MR) is 151 cm³/mol. The van der Waals surface area contributed by atoms with E-state index in [-0.39, 0.29) is 40.4 Å². The second kappa shape index (κ2) is 12.5. The largest absolute Gasteiger partial charge is 0.480 e. The zero-order valence-corrected chi connectivity index (χ0v) is 23.7. The van der Waals surface area contributed by atoms with Crippen LogP contribution in [0.1, 0.15) is 38.5 Å². The predicted octanol–water partition coefficient (Wildman–Crippen LogP) is 1.53. The highest BCUT2D eigenvalue weighted by Crippen LogP contribution is 2.35. The molecule has 0 radical (unpaired) electrons. The number of fused-ring (bicyclic) bond motifs is 2. The van der Waals surface area contributed by atoms with Crippen molar-refractivity contribution in [2.24, 2.45) is 0 Å². The normalized spacial score (nSPS) is 18.2. The van der Waals surface area contributed by atoms with Crippen LogP contribution in [-0.2, 0) is 17.8 Å². The van der Waals surface area contributed by atoms with Gasteiger partial charge in [0.15, 0.2) is 12.0 Å². The van der Waals surface area contributed by atoms with Crippen LogP contribution in [0.2, 0.25) is 10.0 Å². The Balaban J connectivity index is 1.28. The molecule has 42 heavy (non-hydrogen) atoms. The molecule has 0 aliphatic carbocycles. The van der Waals surface area contributed by atoms with Crippen LogP contribution in [0, 0.1) is 11.5 Å². The first-order valence-electron chi connectivity index (χ1n) is 13.1. The SMILES string of the molecule is N#CNC(NC[C@H](NC(=O)c1c(Cl)cc2c(c1Cl)CCN(C(=O)c1cc3cccnc3o1)C2)C(=O)O)N1CC[C@H](O)C1. The van der Waals surface area contributed by atoms with E-state index in [1.54, 1.807) is 40.3 Å². The van der Waals surface area contributed by atoms with Gasteiger partial charge in [-0.3, -0.25) is 25.1 Å². The number of amides is 2. The lowest BCUT2D eigenvalue weighted by atomic mass is 9.96. The number of rotatable bonds is 9. The van der Waals surface area contributed by atoms with Gasteiger partial charge >= 0.3 is 5.97 Å². The quantitative estimate of drug-likeness (QED) is 0.133. The van der Waals surface area contributed by atoms with Crippen LogP contribution < -0.4 is 16.0 Å². The molecule has 0 bridgehead atoms. The number of pyridine rings is 1. The third-order valence-corrected chi connectivity index (χ3v) is 8.02. The molecule has 3 atom stereocenters. The van der Waals surface area contributed by atoms with Crippen molar-refractivity contribution in [2.45, 2.75) is 37.8 Å². The molecule has 0 saturated carbocycles. The summed E-state index contributed by atoms with van der Waals surface area (Å²) in [5.74, 6) is -2.26. The number of nitrogens with one attached hydrogen (secondary N) is 3. The van der Waals surface area contributed by atoms with Crippen LogP contribution in [0.3, 0.4) is 0 Å². The molecule has 0 spiro atoms. The molecular weight excluding hydrogens is 589 g/mol. The van der Waals surface area contributed by atoms with Crippen LogP contribution in [0.5, 0.6) is 0 Å². The first kappa shape index (κ1) is 29.6. The van der Waals surface area contributed by atoms with E-state index in [0.29, 0.717) is 54.7 Å². The fourth-order valence-corrected chi connectivity index (χ4v) is 5.93. The summed E-state index contributed by atoms with van der Waals surface area (Å²) in [4.78, 5) is 45.8. The van der Waals surface area contributed by atoms with E-state index in [1.807, 2.05) is 6.19 Å². The number of aromatic nitrogens is 1. The molecule has 220 valence electrons. The van der Waals surface area contributed by atoms with Crippen LogP contribution in [0.15, 0.2) is 34.9 Å². The number of nitriles is 1. The first-order valence-corrected chi connectivity index (χ1v) is 13.9. The Morgan fingerprint density at radius 1 is 1.26 bits per heavy atom. The van der Waals surface area contributed by atoms with Crippen molar-refractivity contribution in [1.29, 1.82) is 5.26 Å². The van der Waals surface area contributed by atoms with E-state index < -0.39 is 30.3 Å². The molecule has 1 fully saturated rings. The number of aliphatic carboxylic acids is 1. The van der Waals surface area contributed by atoms with Crippen LogP contribution in [0.25, 0.3) is 11.1 Å². The molecule has 1 unspecified atom stereocenters. The molecule has 1 aromatic carbocycles. The van der Waals surface area contributed by atoms with E-state index in [2.05, 4.69) is 20.9 Å². The number of benzene rings is 1. The lowest BCUT2D eigenvalue weighted by molar-refractivity contribution is -0.139. The first-order chi connectivity index (χ1) is 20.2. The van der Waals surface area contributed by atoms with Crippen molar-refractivity contribution >= 4 is 52.1 Å². The van der Waals surface area contributed by atoms with Gasteiger partial charge in [0.2, 0.25) is 5.71 Å². The van der Waals surface area contributed by atoms with E-state index in [0.717, 1.165) is 0 Å². The number of hydrogen-bond acceptors (Lipinski definition) is 10. The zero-order valence-electron chi connectivity index (χ0n) is 22.1. The topological polar surface area (TPSA) is 184 Å². The summed E-state index contributed by atoms with van der Waals surface area (Å²) in [7, 11) is 0. The average molecular weight is 616 g/mol. The molecule has 13 nitrogen and oxygen atoms in total. The molecule has 2 amide bonds. The smallest absolute Gasteiger partial charge is 0.327 e. The summed E-state index contributed by atoms with van der Waals surface area (Å²) in [6, 6.07) is 5.35. The Kier molecular flexibility index (Phi) is 8.81. The Labute approximate surface area is 250 Å². The number of hydrogen-bond donors (Lipinski definition) is 5. The molecule has 5 N–H and O–H groups in total.